The van der Waals surface area contributed by atoms with Gasteiger partial charge in [-0.25, -0.2) is 9.18 Å². The molecular weight excluding hydrogens is 433 g/mol. The molecule has 0 aliphatic carbocycles. The van der Waals surface area contributed by atoms with E-state index in [0.717, 1.165) is 27.7 Å². The van der Waals surface area contributed by atoms with Gasteiger partial charge in [0.1, 0.15) is 11.4 Å². The summed E-state index contributed by atoms with van der Waals surface area (Å²) in [5, 5.41) is 4.09. The lowest BCUT2D eigenvalue weighted by Crippen LogP contribution is -2.40. The van der Waals surface area contributed by atoms with Crippen molar-refractivity contribution < 1.29 is 18.7 Å². The highest BCUT2D eigenvalue weighted by atomic mass is 19.1. The van der Waals surface area contributed by atoms with Crippen molar-refractivity contribution >= 4 is 22.9 Å². The first-order valence-corrected chi connectivity index (χ1v) is 11.6. The Morgan fingerprint density at radius 2 is 1.82 bits per heavy atom. The number of aryl methyl sites for hydroxylation is 1. The van der Waals surface area contributed by atoms with Crippen molar-refractivity contribution in [1.82, 2.24) is 14.8 Å². The molecule has 1 aromatic heterocycles. The third-order valence-electron chi connectivity index (χ3n) is 6.33. The minimum Gasteiger partial charge on any atom is -0.444 e. The maximum atomic E-state index is 13.3. The van der Waals surface area contributed by atoms with Gasteiger partial charge < -0.3 is 19.5 Å². The van der Waals surface area contributed by atoms with Crippen LogP contribution in [0.4, 0.5) is 9.18 Å². The molecule has 2 amide bonds. The van der Waals surface area contributed by atoms with Crippen molar-refractivity contribution in [3.05, 3.63) is 70.7 Å². The first kappa shape index (κ1) is 23.8. The number of halogens is 1. The number of nitrogens with one attached hydrogen (secondary N) is 1. The number of hydrogen-bond donors (Lipinski definition) is 1. The van der Waals surface area contributed by atoms with Gasteiger partial charge in [0.05, 0.1) is 0 Å². The number of likely N-dealkylation sites (tertiary alicyclic amines) is 1. The lowest BCUT2D eigenvalue weighted by atomic mass is 10.1. The van der Waals surface area contributed by atoms with Crippen LogP contribution in [0, 0.1) is 19.7 Å². The van der Waals surface area contributed by atoms with Gasteiger partial charge in [-0.15, -0.1) is 0 Å². The second kappa shape index (κ2) is 9.12. The fraction of sp³-hybridized carbons (Fsp3) is 0.407. The Morgan fingerprint density at radius 3 is 2.50 bits per heavy atom. The van der Waals surface area contributed by atoms with Gasteiger partial charge in [-0.2, -0.15) is 0 Å². The SMILES string of the molecule is Cc1c(C)n(Cc2ccc(F)cc2)c2ccc(C(=O)NC3CCN(C(=O)OC(C)(C)C)C3)cc12. The van der Waals surface area contributed by atoms with Crippen LogP contribution in [0.15, 0.2) is 42.5 Å². The normalized spacial score (nSPS) is 16.2. The van der Waals surface area contributed by atoms with Crippen LogP contribution in [0.1, 0.15) is 54.4 Å². The van der Waals surface area contributed by atoms with Crippen LogP contribution in [-0.4, -0.2) is 46.2 Å². The highest BCUT2D eigenvalue weighted by Gasteiger charge is 2.30. The number of carbonyl (C=O) groups is 2. The number of carbonyl (C=O) groups excluding carboxylic acids is 2. The lowest BCUT2D eigenvalue weighted by molar-refractivity contribution is 0.0290. The molecule has 0 bridgehead atoms. The van der Waals surface area contributed by atoms with Gasteiger partial charge in [-0.1, -0.05) is 12.1 Å². The first-order chi connectivity index (χ1) is 16.0. The van der Waals surface area contributed by atoms with Crippen molar-refractivity contribution in [3.63, 3.8) is 0 Å². The van der Waals surface area contributed by atoms with E-state index in [2.05, 4.69) is 23.7 Å². The summed E-state index contributed by atoms with van der Waals surface area (Å²) in [6, 6.07) is 12.1. The molecule has 0 spiro atoms. The number of nitrogens with zero attached hydrogens (tertiary/aromatic N) is 2. The zero-order chi connectivity index (χ0) is 24.6. The molecule has 3 aromatic rings. The van der Waals surface area contributed by atoms with Gasteiger partial charge in [0.15, 0.2) is 0 Å². The molecule has 1 unspecified atom stereocenters. The van der Waals surface area contributed by atoms with Crippen LogP contribution < -0.4 is 5.32 Å². The number of rotatable bonds is 4. The quantitative estimate of drug-likeness (QED) is 0.577. The average Bonchev–Trinajstić information content (AvgIpc) is 3.33. The minimum atomic E-state index is -0.545. The molecule has 1 aliphatic heterocycles. The van der Waals surface area contributed by atoms with Crippen LogP contribution >= 0.6 is 0 Å². The van der Waals surface area contributed by atoms with E-state index in [4.69, 9.17) is 4.74 Å². The highest BCUT2D eigenvalue weighted by molar-refractivity contribution is 5.99. The molecule has 1 N–H and O–H groups in total. The summed E-state index contributed by atoms with van der Waals surface area (Å²) in [4.78, 5) is 26.9. The molecule has 1 saturated heterocycles. The van der Waals surface area contributed by atoms with Gasteiger partial charge in [0.2, 0.25) is 0 Å². The minimum absolute atomic E-state index is 0.110. The van der Waals surface area contributed by atoms with E-state index in [1.165, 1.54) is 12.1 Å². The first-order valence-electron chi connectivity index (χ1n) is 11.6. The summed E-state index contributed by atoms with van der Waals surface area (Å²) in [5.41, 5.74) is 4.32. The van der Waals surface area contributed by atoms with Crippen molar-refractivity contribution in [3.8, 4) is 0 Å². The predicted octanol–water partition coefficient (Wildman–Crippen LogP) is 5.18. The smallest absolute Gasteiger partial charge is 0.410 e. The summed E-state index contributed by atoms with van der Waals surface area (Å²) >= 11 is 0. The second-order valence-corrected chi connectivity index (χ2v) is 10.0. The molecule has 180 valence electrons. The molecule has 2 aromatic carbocycles. The van der Waals surface area contributed by atoms with Crippen molar-refractivity contribution in [2.45, 2.75) is 59.2 Å². The number of amides is 2. The summed E-state index contributed by atoms with van der Waals surface area (Å²) in [7, 11) is 0. The van der Waals surface area contributed by atoms with Crippen LogP contribution in [0.25, 0.3) is 10.9 Å². The molecule has 2 heterocycles. The van der Waals surface area contributed by atoms with E-state index < -0.39 is 5.60 Å². The molecular formula is C27H32FN3O3. The standard InChI is InChI=1S/C27H32FN3O3/c1-17-18(2)31(15-19-6-9-21(28)10-7-19)24-11-8-20(14-23(17)24)25(32)29-22-12-13-30(16-22)26(33)34-27(3,4)5/h6-11,14,22H,12-13,15-16H2,1-5H3,(H,29,32). The van der Waals surface area contributed by atoms with Gasteiger partial charge in [-0.05, 0) is 82.5 Å². The molecule has 7 heteroatoms. The van der Waals surface area contributed by atoms with Crippen LogP contribution in [0.2, 0.25) is 0 Å². The molecule has 0 saturated carbocycles. The molecule has 34 heavy (non-hydrogen) atoms. The summed E-state index contributed by atoms with van der Waals surface area (Å²) in [6.45, 7) is 11.3. The summed E-state index contributed by atoms with van der Waals surface area (Å²) in [6.07, 6.45) is 0.346. The Kier molecular flexibility index (Phi) is 6.39. The van der Waals surface area contributed by atoms with Gasteiger partial charge in [0.25, 0.3) is 5.91 Å². The molecule has 4 rings (SSSR count). The zero-order valence-corrected chi connectivity index (χ0v) is 20.4. The Bertz CT molecular complexity index is 1220. The number of ether oxygens (including phenoxy) is 1. The van der Waals surface area contributed by atoms with E-state index in [1.807, 2.05) is 39.0 Å². The molecule has 0 radical (unpaired) electrons. The fourth-order valence-electron chi connectivity index (χ4n) is 4.41. The average molecular weight is 466 g/mol. The molecule has 6 nitrogen and oxygen atoms in total. The van der Waals surface area contributed by atoms with E-state index >= 15 is 0 Å². The highest BCUT2D eigenvalue weighted by Crippen LogP contribution is 2.27. The van der Waals surface area contributed by atoms with E-state index in [9.17, 15) is 14.0 Å². The summed E-state index contributed by atoms with van der Waals surface area (Å²) < 4.78 is 20.9. The van der Waals surface area contributed by atoms with E-state index in [1.54, 1.807) is 17.0 Å². The Balaban J connectivity index is 1.47. The number of hydrogen-bond acceptors (Lipinski definition) is 3. The number of aromatic nitrogens is 1. The maximum absolute atomic E-state index is 13.3. The van der Waals surface area contributed by atoms with Crippen molar-refractivity contribution in [1.29, 1.82) is 0 Å². The topological polar surface area (TPSA) is 63.6 Å². The lowest BCUT2D eigenvalue weighted by Gasteiger charge is -2.24. The fourth-order valence-corrected chi connectivity index (χ4v) is 4.41. The second-order valence-electron chi connectivity index (χ2n) is 10.0. The van der Waals surface area contributed by atoms with Crippen LogP contribution in [-0.2, 0) is 11.3 Å². The van der Waals surface area contributed by atoms with E-state index in [-0.39, 0.29) is 23.9 Å². The Hall–Kier alpha value is -3.35. The zero-order valence-electron chi connectivity index (χ0n) is 20.4. The van der Waals surface area contributed by atoms with Crippen LogP contribution in [0.5, 0.6) is 0 Å². The Morgan fingerprint density at radius 1 is 1.12 bits per heavy atom. The van der Waals surface area contributed by atoms with Gasteiger partial charge in [-0.3, -0.25) is 4.79 Å². The van der Waals surface area contributed by atoms with E-state index in [0.29, 0.717) is 31.6 Å². The molecule has 1 fully saturated rings. The third-order valence-corrected chi connectivity index (χ3v) is 6.33. The van der Waals surface area contributed by atoms with Gasteiger partial charge in [0, 0.05) is 47.8 Å². The number of benzene rings is 2. The van der Waals surface area contributed by atoms with Crippen LogP contribution in [0.3, 0.4) is 0 Å². The van der Waals surface area contributed by atoms with Crippen molar-refractivity contribution in [2.24, 2.45) is 0 Å². The largest absolute Gasteiger partial charge is 0.444 e. The Labute approximate surface area is 199 Å². The number of fused-ring (bicyclic) bond motifs is 1. The monoisotopic (exact) mass is 465 g/mol. The summed E-state index contributed by atoms with van der Waals surface area (Å²) in [5.74, 6) is -0.401. The third kappa shape index (κ3) is 5.08. The molecule has 1 aliphatic rings. The van der Waals surface area contributed by atoms with Gasteiger partial charge >= 0.3 is 6.09 Å². The predicted molar refractivity (Wildman–Crippen MR) is 131 cm³/mol. The molecule has 1 atom stereocenters. The maximum Gasteiger partial charge on any atom is 0.410 e. The van der Waals surface area contributed by atoms with Crippen molar-refractivity contribution in [2.75, 3.05) is 13.1 Å².